The lowest BCUT2D eigenvalue weighted by Gasteiger charge is -2.14. The van der Waals surface area contributed by atoms with E-state index < -0.39 is 0 Å². The van der Waals surface area contributed by atoms with Crippen LogP contribution in [0.15, 0.2) is 48.5 Å². The Morgan fingerprint density at radius 1 is 1.17 bits per heavy atom. The van der Waals surface area contributed by atoms with Gasteiger partial charge in [0.05, 0.1) is 6.54 Å². The second-order valence-electron chi connectivity index (χ2n) is 5.68. The molecule has 0 unspecified atom stereocenters. The standard InChI is InChI=1S/C19H23ClN2O/c1-14-6-3-4-7-16(14)10-11-21-19(23)13-22-15(2)17-8-5-9-18(20)12-17/h3-9,12,15,22H,10-11,13H2,1-2H3,(H,21,23)/t15-/m1/s1. The van der Waals surface area contributed by atoms with E-state index in [1.165, 1.54) is 11.1 Å². The zero-order valence-corrected chi connectivity index (χ0v) is 14.4. The molecular formula is C19H23ClN2O. The molecule has 0 spiro atoms. The fraction of sp³-hybridized carbons (Fsp3) is 0.316. The van der Waals surface area contributed by atoms with E-state index in [0.29, 0.717) is 18.1 Å². The van der Waals surface area contributed by atoms with E-state index in [9.17, 15) is 4.79 Å². The first-order chi connectivity index (χ1) is 11.1. The Kier molecular flexibility index (Phi) is 6.63. The second kappa shape index (κ2) is 8.70. The molecule has 0 heterocycles. The van der Waals surface area contributed by atoms with Crippen LogP contribution in [-0.4, -0.2) is 19.0 Å². The van der Waals surface area contributed by atoms with Crippen molar-refractivity contribution in [3.63, 3.8) is 0 Å². The number of nitrogens with one attached hydrogen (secondary N) is 2. The summed E-state index contributed by atoms with van der Waals surface area (Å²) in [5.41, 5.74) is 3.60. The van der Waals surface area contributed by atoms with E-state index in [2.05, 4.69) is 29.7 Å². The average molecular weight is 331 g/mol. The largest absolute Gasteiger partial charge is 0.355 e. The molecule has 0 aliphatic heterocycles. The summed E-state index contributed by atoms with van der Waals surface area (Å²) < 4.78 is 0. The fourth-order valence-corrected chi connectivity index (χ4v) is 2.63. The van der Waals surface area contributed by atoms with Crippen molar-refractivity contribution < 1.29 is 4.79 Å². The van der Waals surface area contributed by atoms with Gasteiger partial charge in [-0.15, -0.1) is 0 Å². The Balaban J connectivity index is 1.72. The van der Waals surface area contributed by atoms with E-state index in [4.69, 9.17) is 11.6 Å². The van der Waals surface area contributed by atoms with Crippen LogP contribution in [0.4, 0.5) is 0 Å². The van der Waals surface area contributed by atoms with E-state index in [-0.39, 0.29) is 11.9 Å². The van der Waals surface area contributed by atoms with Gasteiger partial charge in [0.1, 0.15) is 0 Å². The molecule has 2 rings (SSSR count). The molecule has 0 saturated heterocycles. The van der Waals surface area contributed by atoms with Gasteiger partial charge in [-0.1, -0.05) is 48.0 Å². The number of amides is 1. The third kappa shape index (κ3) is 5.70. The highest BCUT2D eigenvalue weighted by Crippen LogP contribution is 2.16. The second-order valence-corrected chi connectivity index (χ2v) is 6.12. The monoisotopic (exact) mass is 330 g/mol. The summed E-state index contributed by atoms with van der Waals surface area (Å²) >= 11 is 5.98. The Bertz CT molecular complexity index is 657. The van der Waals surface area contributed by atoms with Gasteiger partial charge in [0, 0.05) is 17.6 Å². The van der Waals surface area contributed by atoms with Gasteiger partial charge in [-0.05, 0) is 49.1 Å². The molecule has 0 radical (unpaired) electrons. The molecule has 2 aromatic rings. The van der Waals surface area contributed by atoms with Crippen molar-refractivity contribution in [3.8, 4) is 0 Å². The number of carbonyl (C=O) groups is 1. The average Bonchev–Trinajstić information content (AvgIpc) is 2.54. The van der Waals surface area contributed by atoms with Crippen molar-refractivity contribution in [2.24, 2.45) is 0 Å². The maximum Gasteiger partial charge on any atom is 0.233 e. The van der Waals surface area contributed by atoms with E-state index >= 15 is 0 Å². The van der Waals surface area contributed by atoms with E-state index in [1.807, 2.05) is 43.3 Å². The maximum atomic E-state index is 11.9. The minimum absolute atomic E-state index is 0.00691. The molecule has 2 N–H and O–H groups in total. The molecule has 4 heteroatoms. The molecule has 0 saturated carbocycles. The molecule has 0 bridgehead atoms. The Hall–Kier alpha value is -1.84. The third-order valence-corrected chi connectivity index (χ3v) is 4.13. The smallest absolute Gasteiger partial charge is 0.233 e. The highest BCUT2D eigenvalue weighted by Gasteiger charge is 2.08. The summed E-state index contributed by atoms with van der Waals surface area (Å²) in [5, 5.41) is 6.87. The molecule has 3 nitrogen and oxygen atoms in total. The summed E-state index contributed by atoms with van der Waals surface area (Å²) in [4.78, 5) is 11.9. The number of carbonyl (C=O) groups excluding carboxylic acids is 1. The summed E-state index contributed by atoms with van der Waals surface area (Å²) in [6, 6.07) is 16.0. The SMILES string of the molecule is Cc1ccccc1CCNC(=O)CN[C@H](C)c1cccc(Cl)c1. The maximum absolute atomic E-state index is 11.9. The lowest BCUT2D eigenvalue weighted by atomic mass is 10.1. The highest BCUT2D eigenvalue weighted by atomic mass is 35.5. The van der Waals surface area contributed by atoms with Crippen LogP contribution in [0.1, 0.15) is 29.7 Å². The van der Waals surface area contributed by atoms with Crippen molar-refractivity contribution in [1.82, 2.24) is 10.6 Å². The molecule has 0 fully saturated rings. The molecule has 1 atom stereocenters. The minimum atomic E-state index is 0.00691. The summed E-state index contributed by atoms with van der Waals surface area (Å²) in [6.45, 7) is 5.05. The first-order valence-electron chi connectivity index (χ1n) is 7.86. The van der Waals surface area contributed by atoms with Crippen molar-refractivity contribution in [2.45, 2.75) is 26.3 Å². The first-order valence-corrected chi connectivity index (χ1v) is 8.24. The fourth-order valence-electron chi connectivity index (χ4n) is 2.43. The van der Waals surface area contributed by atoms with Gasteiger partial charge in [-0.25, -0.2) is 0 Å². The molecular weight excluding hydrogens is 308 g/mol. The van der Waals surface area contributed by atoms with Crippen LogP contribution < -0.4 is 10.6 Å². The van der Waals surface area contributed by atoms with Gasteiger partial charge in [-0.3, -0.25) is 4.79 Å². The predicted molar refractivity (Wildman–Crippen MR) is 95.8 cm³/mol. The Labute approximate surface area is 143 Å². The summed E-state index contributed by atoms with van der Waals surface area (Å²) in [7, 11) is 0. The number of hydrogen-bond donors (Lipinski definition) is 2. The normalized spacial score (nSPS) is 12.0. The lowest BCUT2D eigenvalue weighted by Crippen LogP contribution is -2.36. The molecule has 0 aromatic heterocycles. The van der Waals surface area contributed by atoms with Crippen LogP contribution in [-0.2, 0) is 11.2 Å². The Morgan fingerprint density at radius 2 is 1.96 bits per heavy atom. The van der Waals surface area contributed by atoms with Gasteiger partial charge in [0.15, 0.2) is 0 Å². The number of rotatable bonds is 7. The minimum Gasteiger partial charge on any atom is -0.355 e. The van der Waals surface area contributed by atoms with Crippen molar-refractivity contribution in [2.75, 3.05) is 13.1 Å². The van der Waals surface area contributed by atoms with Gasteiger partial charge in [0.2, 0.25) is 5.91 Å². The number of benzene rings is 2. The molecule has 0 aliphatic carbocycles. The lowest BCUT2D eigenvalue weighted by molar-refractivity contribution is -0.120. The zero-order valence-electron chi connectivity index (χ0n) is 13.6. The topological polar surface area (TPSA) is 41.1 Å². The molecule has 122 valence electrons. The Morgan fingerprint density at radius 3 is 2.70 bits per heavy atom. The molecule has 0 aliphatic rings. The third-order valence-electron chi connectivity index (χ3n) is 3.90. The van der Waals surface area contributed by atoms with E-state index in [1.54, 1.807) is 0 Å². The molecule has 2 aromatic carbocycles. The quantitative estimate of drug-likeness (QED) is 0.813. The van der Waals surface area contributed by atoms with Crippen LogP contribution in [0.25, 0.3) is 0 Å². The molecule has 1 amide bonds. The first kappa shape index (κ1) is 17.5. The number of aryl methyl sites for hydroxylation is 1. The summed E-state index contributed by atoms with van der Waals surface area (Å²) in [5.74, 6) is 0.00691. The van der Waals surface area contributed by atoms with Gasteiger partial charge in [-0.2, -0.15) is 0 Å². The van der Waals surface area contributed by atoms with Gasteiger partial charge >= 0.3 is 0 Å². The van der Waals surface area contributed by atoms with Crippen LogP contribution in [0.2, 0.25) is 5.02 Å². The zero-order chi connectivity index (χ0) is 16.7. The van der Waals surface area contributed by atoms with Crippen molar-refractivity contribution in [3.05, 3.63) is 70.2 Å². The number of halogens is 1. The summed E-state index contributed by atoms with van der Waals surface area (Å²) in [6.07, 6.45) is 0.849. The molecule has 23 heavy (non-hydrogen) atoms. The highest BCUT2D eigenvalue weighted by molar-refractivity contribution is 6.30. The van der Waals surface area contributed by atoms with Crippen molar-refractivity contribution in [1.29, 1.82) is 0 Å². The van der Waals surface area contributed by atoms with E-state index in [0.717, 1.165) is 12.0 Å². The number of hydrogen-bond acceptors (Lipinski definition) is 2. The predicted octanol–water partition coefficient (Wildman–Crippen LogP) is 3.66. The van der Waals surface area contributed by atoms with Crippen molar-refractivity contribution >= 4 is 17.5 Å². The van der Waals surface area contributed by atoms with Crippen LogP contribution in [0.3, 0.4) is 0 Å². The van der Waals surface area contributed by atoms with Gasteiger partial charge < -0.3 is 10.6 Å². The van der Waals surface area contributed by atoms with Crippen LogP contribution in [0, 0.1) is 6.92 Å². The van der Waals surface area contributed by atoms with Crippen LogP contribution >= 0.6 is 11.6 Å². The van der Waals surface area contributed by atoms with Crippen LogP contribution in [0.5, 0.6) is 0 Å². The van der Waals surface area contributed by atoms with Gasteiger partial charge in [0.25, 0.3) is 0 Å².